The van der Waals surface area contributed by atoms with E-state index in [1.165, 1.54) is 43.5 Å². The summed E-state index contributed by atoms with van der Waals surface area (Å²) in [6, 6.07) is 3.57. The highest BCUT2D eigenvalue weighted by Gasteiger charge is 2.34. The van der Waals surface area contributed by atoms with E-state index in [1.54, 1.807) is 12.1 Å². The highest BCUT2D eigenvalue weighted by Crippen LogP contribution is 2.44. The molecule has 1 fully saturated rings. The number of fused-ring (bicyclic) bond motifs is 3. The maximum Gasteiger partial charge on any atom is 0.157 e. The lowest BCUT2D eigenvalue weighted by Crippen LogP contribution is -2.41. The molecule has 112 valence electrons. The molecule has 1 heterocycles. The molecule has 0 spiro atoms. The summed E-state index contributed by atoms with van der Waals surface area (Å²) in [7, 11) is 0. The number of nitrogens with zero attached hydrogens (tertiary/aromatic N) is 1. The summed E-state index contributed by atoms with van der Waals surface area (Å²) in [5.41, 5.74) is 2.50. The first-order valence-electron chi connectivity index (χ1n) is 7.46. The maximum atomic E-state index is 9.77. The molecule has 1 aromatic carbocycles. The SMILES string of the molecule is Br.CCCN1CC[C@H]2CCc3cc(O)c(O)cc3[C@@H]2C1. The first-order chi connectivity index (χ1) is 9.19. The van der Waals surface area contributed by atoms with Gasteiger partial charge in [0.1, 0.15) is 0 Å². The van der Waals surface area contributed by atoms with E-state index in [4.69, 9.17) is 0 Å². The van der Waals surface area contributed by atoms with E-state index in [0.717, 1.165) is 18.9 Å². The van der Waals surface area contributed by atoms with Crippen molar-refractivity contribution in [2.75, 3.05) is 19.6 Å². The number of aryl methyl sites for hydroxylation is 1. The van der Waals surface area contributed by atoms with Crippen molar-refractivity contribution in [2.45, 2.75) is 38.5 Å². The van der Waals surface area contributed by atoms with Gasteiger partial charge in [-0.3, -0.25) is 0 Å². The van der Waals surface area contributed by atoms with Crippen LogP contribution >= 0.6 is 17.0 Å². The van der Waals surface area contributed by atoms with Crippen LogP contribution in [0.5, 0.6) is 11.5 Å². The lowest BCUT2D eigenvalue weighted by Gasteiger charge is -2.42. The van der Waals surface area contributed by atoms with Crippen LogP contribution in [-0.2, 0) is 6.42 Å². The summed E-state index contributed by atoms with van der Waals surface area (Å²) in [4.78, 5) is 2.54. The van der Waals surface area contributed by atoms with Crippen LogP contribution in [0.4, 0.5) is 0 Å². The van der Waals surface area contributed by atoms with Gasteiger partial charge in [0.25, 0.3) is 0 Å². The van der Waals surface area contributed by atoms with Gasteiger partial charge in [0.05, 0.1) is 0 Å². The van der Waals surface area contributed by atoms with Gasteiger partial charge in [-0.05, 0) is 73.9 Å². The van der Waals surface area contributed by atoms with Crippen LogP contribution in [0.2, 0.25) is 0 Å². The van der Waals surface area contributed by atoms with Gasteiger partial charge in [-0.2, -0.15) is 0 Å². The zero-order valence-electron chi connectivity index (χ0n) is 12.0. The Balaban J connectivity index is 0.00000147. The van der Waals surface area contributed by atoms with Gasteiger partial charge in [0, 0.05) is 6.54 Å². The monoisotopic (exact) mass is 341 g/mol. The van der Waals surface area contributed by atoms with Gasteiger partial charge in [-0.1, -0.05) is 6.92 Å². The molecule has 0 bridgehead atoms. The molecule has 1 saturated heterocycles. The Morgan fingerprint density at radius 2 is 1.95 bits per heavy atom. The molecule has 0 aromatic heterocycles. The minimum atomic E-state index is 0. The van der Waals surface area contributed by atoms with Crippen LogP contribution in [-0.4, -0.2) is 34.7 Å². The molecule has 0 radical (unpaired) electrons. The van der Waals surface area contributed by atoms with Crippen molar-refractivity contribution >= 4 is 17.0 Å². The fourth-order valence-corrected chi connectivity index (χ4v) is 3.82. The minimum absolute atomic E-state index is 0. The molecule has 4 heteroatoms. The Morgan fingerprint density at radius 1 is 1.20 bits per heavy atom. The van der Waals surface area contributed by atoms with Gasteiger partial charge in [-0.25, -0.2) is 0 Å². The Hall–Kier alpha value is -0.740. The second kappa shape index (κ2) is 6.35. The van der Waals surface area contributed by atoms with Crippen LogP contribution in [0.25, 0.3) is 0 Å². The molecule has 3 rings (SSSR count). The molecule has 1 aliphatic carbocycles. The number of piperidine rings is 1. The average Bonchev–Trinajstić information content (AvgIpc) is 2.41. The van der Waals surface area contributed by atoms with Crippen LogP contribution in [0, 0.1) is 5.92 Å². The molecule has 0 amide bonds. The molecule has 2 aliphatic rings. The van der Waals surface area contributed by atoms with Gasteiger partial charge < -0.3 is 15.1 Å². The van der Waals surface area contributed by atoms with Crippen LogP contribution in [0.15, 0.2) is 12.1 Å². The molecule has 0 saturated carbocycles. The molecule has 20 heavy (non-hydrogen) atoms. The predicted octanol–water partition coefficient (Wildman–Crippen LogP) is 3.44. The fourth-order valence-electron chi connectivity index (χ4n) is 3.82. The van der Waals surface area contributed by atoms with Crippen LogP contribution < -0.4 is 0 Å². The summed E-state index contributed by atoms with van der Waals surface area (Å²) in [6.07, 6.45) is 4.73. The quantitative estimate of drug-likeness (QED) is 0.810. The Kier molecular flexibility index (Phi) is 4.97. The van der Waals surface area contributed by atoms with Gasteiger partial charge in [-0.15, -0.1) is 17.0 Å². The lowest BCUT2D eigenvalue weighted by atomic mass is 9.71. The molecule has 1 aliphatic heterocycles. The number of aromatic hydroxyl groups is 2. The highest BCUT2D eigenvalue weighted by atomic mass is 79.9. The van der Waals surface area contributed by atoms with E-state index in [0.29, 0.717) is 5.92 Å². The number of rotatable bonds is 2. The summed E-state index contributed by atoms with van der Waals surface area (Å²) in [5, 5.41) is 19.4. The van der Waals surface area contributed by atoms with Crippen LogP contribution in [0.1, 0.15) is 43.2 Å². The second-order valence-electron chi connectivity index (χ2n) is 6.03. The fraction of sp³-hybridized carbons (Fsp3) is 0.625. The molecule has 2 atom stereocenters. The van der Waals surface area contributed by atoms with E-state index < -0.39 is 0 Å². The van der Waals surface area contributed by atoms with Gasteiger partial charge in [0.15, 0.2) is 11.5 Å². The molecule has 0 unspecified atom stereocenters. The topological polar surface area (TPSA) is 43.7 Å². The highest BCUT2D eigenvalue weighted by molar-refractivity contribution is 8.93. The number of benzene rings is 1. The first-order valence-corrected chi connectivity index (χ1v) is 7.46. The summed E-state index contributed by atoms with van der Waals surface area (Å²) in [6.45, 7) is 5.72. The summed E-state index contributed by atoms with van der Waals surface area (Å²) >= 11 is 0. The maximum absolute atomic E-state index is 9.77. The number of hydrogen-bond donors (Lipinski definition) is 2. The van der Waals surface area contributed by atoms with Crippen molar-refractivity contribution in [1.82, 2.24) is 4.90 Å². The molecular formula is C16H24BrNO2. The molecular weight excluding hydrogens is 318 g/mol. The third-order valence-electron chi connectivity index (χ3n) is 4.80. The average molecular weight is 342 g/mol. The smallest absolute Gasteiger partial charge is 0.157 e. The van der Waals surface area contributed by atoms with Crippen molar-refractivity contribution in [1.29, 1.82) is 0 Å². The third-order valence-corrected chi connectivity index (χ3v) is 4.80. The number of hydrogen-bond acceptors (Lipinski definition) is 3. The van der Waals surface area contributed by atoms with Crippen LogP contribution in [0.3, 0.4) is 0 Å². The van der Waals surface area contributed by atoms with E-state index in [9.17, 15) is 10.2 Å². The van der Waals surface area contributed by atoms with Crippen molar-refractivity contribution in [2.24, 2.45) is 5.92 Å². The first kappa shape index (κ1) is 15.6. The van der Waals surface area contributed by atoms with Crippen molar-refractivity contribution in [3.8, 4) is 11.5 Å². The van der Waals surface area contributed by atoms with Gasteiger partial charge >= 0.3 is 0 Å². The van der Waals surface area contributed by atoms with Gasteiger partial charge in [0.2, 0.25) is 0 Å². The zero-order valence-corrected chi connectivity index (χ0v) is 13.7. The van der Waals surface area contributed by atoms with E-state index in [-0.39, 0.29) is 28.5 Å². The van der Waals surface area contributed by atoms with Crippen molar-refractivity contribution < 1.29 is 10.2 Å². The van der Waals surface area contributed by atoms with Crippen molar-refractivity contribution in [3.05, 3.63) is 23.3 Å². The summed E-state index contributed by atoms with van der Waals surface area (Å²) in [5.74, 6) is 1.35. The van der Waals surface area contributed by atoms with E-state index in [2.05, 4.69) is 11.8 Å². The summed E-state index contributed by atoms with van der Waals surface area (Å²) < 4.78 is 0. The Morgan fingerprint density at radius 3 is 2.70 bits per heavy atom. The molecule has 1 aromatic rings. The third kappa shape index (κ3) is 2.82. The number of phenols is 2. The molecule has 2 N–H and O–H groups in total. The van der Waals surface area contributed by atoms with Crippen molar-refractivity contribution in [3.63, 3.8) is 0 Å². The Bertz CT molecular complexity index is 478. The Labute approximate surface area is 131 Å². The van der Waals surface area contributed by atoms with E-state index in [1.807, 2.05) is 0 Å². The largest absolute Gasteiger partial charge is 0.504 e. The molecule has 3 nitrogen and oxygen atoms in total. The number of phenolic OH excluding ortho intramolecular Hbond substituents is 2. The number of halogens is 1. The second-order valence-corrected chi connectivity index (χ2v) is 6.03. The zero-order chi connectivity index (χ0) is 13.4. The standard InChI is InChI=1S/C16H23NO2.BrH/c1-2-6-17-7-5-11-3-4-12-8-15(18)16(19)9-13(12)14(11)10-17;/h8-9,11,14,18-19H,2-7,10H2,1H3;1H/t11-,14-;/m1./s1. The van der Waals surface area contributed by atoms with E-state index >= 15 is 0 Å². The lowest BCUT2D eigenvalue weighted by molar-refractivity contribution is 0.147. The normalized spacial score (nSPS) is 25.4. The minimum Gasteiger partial charge on any atom is -0.504 e. The predicted molar refractivity (Wildman–Crippen MR) is 86.0 cm³/mol. The number of likely N-dealkylation sites (tertiary alicyclic amines) is 1.